The highest BCUT2D eigenvalue weighted by Gasteiger charge is 2.21. The van der Waals surface area contributed by atoms with Gasteiger partial charge in [-0.05, 0) is 37.6 Å². The van der Waals surface area contributed by atoms with Crippen molar-refractivity contribution in [2.45, 2.75) is 32.5 Å². The van der Waals surface area contributed by atoms with Crippen LogP contribution in [-0.4, -0.2) is 25.3 Å². The summed E-state index contributed by atoms with van der Waals surface area (Å²) in [7, 11) is 0. The quantitative estimate of drug-likeness (QED) is 0.347. The third-order valence-electron chi connectivity index (χ3n) is 4.54. The van der Waals surface area contributed by atoms with E-state index in [0.717, 1.165) is 22.1 Å². The molecule has 0 bridgehead atoms. The van der Waals surface area contributed by atoms with E-state index in [1.165, 1.54) is 0 Å². The van der Waals surface area contributed by atoms with Crippen LogP contribution in [0.25, 0.3) is 10.8 Å². The molecule has 1 heterocycles. The molecule has 2 unspecified atom stereocenters. The lowest BCUT2D eigenvalue weighted by Gasteiger charge is -2.17. The number of carbonyl (C=O) groups excluding carboxylic acids is 1. The number of hydrogen-bond donors (Lipinski definition) is 0. The van der Waals surface area contributed by atoms with Gasteiger partial charge in [-0.1, -0.05) is 43.0 Å². The molecule has 152 valence electrons. The van der Waals surface area contributed by atoms with Gasteiger partial charge in [0.25, 0.3) is 0 Å². The highest BCUT2D eigenvalue weighted by molar-refractivity contribution is 5.84. The van der Waals surface area contributed by atoms with Gasteiger partial charge in [-0.25, -0.2) is 4.79 Å². The third-order valence-corrected chi connectivity index (χ3v) is 4.54. The Hall–Kier alpha value is -3.05. The average molecular weight is 394 g/mol. The highest BCUT2D eigenvalue weighted by atomic mass is 16.6. The molecule has 1 aromatic heterocycles. The van der Waals surface area contributed by atoms with Gasteiger partial charge in [0.05, 0.1) is 12.9 Å². The molecule has 0 spiro atoms. The summed E-state index contributed by atoms with van der Waals surface area (Å²) in [5.41, 5.74) is 0.961. The van der Waals surface area contributed by atoms with Crippen LogP contribution in [0.3, 0.4) is 0 Å². The van der Waals surface area contributed by atoms with Crippen LogP contribution in [0, 0.1) is 0 Å². The number of fused-ring (bicyclic) bond motifs is 1. The van der Waals surface area contributed by atoms with Gasteiger partial charge in [-0.15, -0.1) is 0 Å². The fourth-order valence-electron chi connectivity index (χ4n) is 3.16. The molecule has 0 saturated heterocycles. The summed E-state index contributed by atoms with van der Waals surface area (Å²) < 4.78 is 22.4. The van der Waals surface area contributed by atoms with E-state index in [-0.39, 0.29) is 5.97 Å². The molecule has 0 aliphatic rings. The molecule has 2 aromatic carbocycles. The molecule has 2 atom stereocenters. The van der Waals surface area contributed by atoms with Crippen LogP contribution in [0.5, 0.6) is 5.75 Å². The first-order chi connectivity index (χ1) is 14.2. The van der Waals surface area contributed by atoms with Crippen molar-refractivity contribution < 1.29 is 23.4 Å². The SMILES string of the molecule is C=CC(Oc1ccc(CC(OCC)C(=O)OCC)cc1)c1occ2ccccc12. The lowest BCUT2D eigenvalue weighted by Crippen LogP contribution is -2.28. The molecule has 0 N–H and O–H groups in total. The average Bonchev–Trinajstić information content (AvgIpc) is 3.17. The summed E-state index contributed by atoms with van der Waals surface area (Å²) in [6, 6.07) is 15.5. The number of furan rings is 1. The normalized spacial score (nSPS) is 13.0. The van der Waals surface area contributed by atoms with Gasteiger partial charge in [0.1, 0.15) is 5.75 Å². The Labute approximate surface area is 170 Å². The van der Waals surface area contributed by atoms with Gasteiger partial charge in [0, 0.05) is 23.8 Å². The standard InChI is InChI=1S/C24H26O5/c1-4-21(23-20-10-8-7-9-18(20)16-28-23)29-19-13-11-17(12-14-19)15-22(26-5-2)24(25)27-6-3/h4,7-14,16,21-22H,1,5-6,15H2,2-3H3. The minimum atomic E-state index is -0.609. The van der Waals surface area contributed by atoms with Gasteiger partial charge in [0.15, 0.2) is 18.0 Å². The summed E-state index contributed by atoms with van der Waals surface area (Å²) in [4.78, 5) is 12.0. The molecule has 3 rings (SSSR count). The number of benzene rings is 2. The number of hydrogen-bond acceptors (Lipinski definition) is 5. The summed E-state index contributed by atoms with van der Waals surface area (Å²) in [6.07, 6.45) is 2.86. The van der Waals surface area contributed by atoms with Crippen LogP contribution >= 0.6 is 0 Å². The van der Waals surface area contributed by atoms with Crippen LogP contribution < -0.4 is 4.74 Å². The fraction of sp³-hybridized carbons (Fsp3) is 0.292. The van der Waals surface area contributed by atoms with Crippen LogP contribution in [0.2, 0.25) is 0 Å². The molecule has 0 amide bonds. The topological polar surface area (TPSA) is 57.9 Å². The van der Waals surface area contributed by atoms with Crippen molar-refractivity contribution in [3.63, 3.8) is 0 Å². The molecule has 0 aliphatic heterocycles. The molecule has 0 radical (unpaired) electrons. The molecular formula is C24H26O5. The molecule has 0 aliphatic carbocycles. The maximum absolute atomic E-state index is 12.0. The maximum atomic E-state index is 12.0. The molecule has 0 fully saturated rings. The van der Waals surface area contributed by atoms with Crippen molar-refractivity contribution in [2.24, 2.45) is 0 Å². The molecule has 5 nitrogen and oxygen atoms in total. The van der Waals surface area contributed by atoms with E-state index in [0.29, 0.717) is 25.4 Å². The molecule has 5 heteroatoms. The van der Waals surface area contributed by atoms with E-state index >= 15 is 0 Å². The first-order valence-electron chi connectivity index (χ1n) is 9.78. The minimum Gasteiger partial charge on any atom is -0.478 e. The number of rotatable bonds is 10. The molecular weight excluding hydrogens is 368 g/mol. The summed E-state index contributed by atoms with van der Waals surface area (Å²) in [5.74, 6) is 1.06. The monoisotopic (exact) mass is 394 g/mol. The Kier molecular flexibility index (Phi) is 7.09. The van der Waals surface area contributed by atoms with E-state index in [2.05, 4.69) is 6.58 Å². The van der Waals surface area contributed by atoms with Crippen molar-refractivity contribution in [3.05, 3.63) is 78.8 Å². The van der Waals surface area contributed by atoms with Crippen LogP contribution in [-0.2, 0) is 20.7 Å². The van der Waals surface area contributed by atoms with Gasteiger partial charge < -0.3 is 18.6 Å². The number of ether oxygens (including phenoxy) is 3. The Morgan fingerprint density at radius 2 is 1.86 bits per heavy atom. The highest BCUT2D eigenvalue weighted by Crippen LogP contribution is 2.30. The van der Waals surface area contributed by atoms with Crippen LogP contribution in [0.15, 0.2) is 71.9 Å². The van der Waals surface area contributed by atoms with Gasteiger partial charge in [0.2, 0.25) is 0 Å². The number of carbonyl (C=O) groups is 1. The predicted molar refractivity (Wildman–Crippen MR) is 112 cm³/mol. The second kappa shape index (κ2) is 9.94. The third kappa shape index (κ3) is 5.06. The Bertz CT molecular complexity index is 941. The van der Waals surface area contributed by atoms with E-state index < -0.39 is 12.2 Å². The number of esters is 1. The van der Waals surface area contributed by atoms with Crippen molar-refractivity contribution in [3.8, 4) is 5.75 Å². The van der Waals surface area contributed by atoms with Crippen LogP contribution in [0.4, 0.5) is 0 Å². The zero-order valence-electron chi connectivity index (χ0n) is 16.8. The smallest absolute Gasteiger partial charge is 0.335 e. The first-order valence-corrected chi connectivity index (χ1v) is 9.78. The predicted octanol–water partition coefficient (Wildman–Crippen LogP) is 5.25. The van der Waals surface area contributed by atoms with Gasteiger partial charge in [-0.3, -0.25) is 0 Å². The van der Waals surface area contributed by atoms with Crippen molar-refractivity contribution in [1.29, 1.82) is 0 Å². The van der Waals surface area contributed by atoms with Crippen LogP contribution in [0.1, 0.15) is 31.3 Å². The maximum Gasteiger partial charge on any atom is 0.335 e. The zero-order chi connectivity index (χ0) is 20.6. The zero-order valence-corrected chi connectivity index (χ0v) is 16.8. The lowest BCUT2D eigenvalue weighted by molar-refractivity contribution is -0.156. The summed E-state index contributed by atoms with van der Waals surface area (Å²) in [6.45, 7) is 8.30. The second-order valence-corrected chi connectivity index (χ2v) is 6.51. The van der Waals surface area contributed by atoms with E-state index in [4.69, 9.17) is 18.6 Å². The molecule has 3 aromatic rings. The van der Waals surface area contributed by atoms with Gasteiger partial charge in [-0.2, -0.15) is 0 Å². The van der Waals surface area contributed by atoms with E-state index in [1.807, 2.05) is 55.5 Å². The Morgan fingerprint density at radius 1 is 1.10 bits per heavy atom. The van der Waals surface area contributed by atoms with Crippen molar-refractivity contribution >= 4 is 16.7 Å². The molecule has 29 heavy (non-hydrogen) atoms. The minimum absolute atomic E-state index is 0.333. The fourth-order valence-corrected chi connectivity index (χ4v) is 3.16. The Balaban J connectivity index is 1.70. The van der Waals surface area contributed by atoms with E-state index in [1.54, 1.807) is 19.3 Å². The molecule has 0 saturated carbocycles. The summed E-state index contributed by atoms with van der Waals surface area (Å²) in [5, 5.41) is 2.03. The van der Waals surface area contributed by atoms with E-state index in [9.17, 15) is 4.79 Å². The van der Waals surface area contributed by atoms with Gasteiger partial charge >= 0.3 is 5.97 Å². The lowest BCUT2D eigenvalue weighted by atomic mass is 10.1. The summed E-state index contributed by atoms with van der Waals surface area (Å²) >= 11 is 0. The van der Waals surface area contributed by atoms with Crippen molar-refractivity contribution in [2.75, 3.05) is 13.2 Å². The van der Waals surface area contributed by atoms with Crippen molar-refractivity contribution in [1.82, 2.24) is 0 Å². The first kappa shape index (κ1) is 20.7. The largest absolute Gasteiger partial charge is 0.478 e. The second-order valence-electron chi connectivity index (χ2n) is 6.51. The Morgan fingerprint density at radius 3 is 2.55 bits per heavy atom.